The van der Waals surface area contributed by atoms with Crippen LogP contribution in [0.1, 0.15) is 13.3 Å². The van der Waals surface area contributed by atoms with Crippen LogP contribution >= 0.6 is 8.03 Å². The first-order valence-corrected chi connectivity index (χ1v) is 6.63. The van der Waals surface area contributed by atoms with Crippen molar-refractivity contribution in [3.05, 3.63) is 0 Å². The smallest absolute Gasteiger partial charge is 0.225 e. The zero-order chi connectivity index (χ0) is 8.91. The van der Waals surface area contributed by atoms with Gasteiger partial charge in [-0.1, -0.05) is 6.92 Å². The van der Waals surface area contributed by atoms with Crippen molar-refractivity contribution in [2.24, 2.45) is 0 Å². The predicted octanol–water partition coefficient (Wildman–Crippen LogP) is 1.16. The van der Waals surface area contributed by atoms with Crippen molar-refractivity contribution < 1.29 is 17.5 Å². The normalized spacial score (nSPS) is 13.1. The molecule has 0 rings (SSSR count). The fourth-order valence-corrected chi connectivity index (χ4v) is 2.64. The first-order valence-electron chi connectivity index (χ1n) is 3.21. The monoisotopic (exact) mass is 199 g/mol. The molecule has 0 spiro atoms. The van der Waals surface area contributed by atoms with E-state index in [1.807, 2.05) is 6.92 Å². The maximum Gasteiger partial charge on any atom is 0.524 e. The highest BCUT2D eigenvalue weighted by Gasteiger charge is 2.23. The minimum Gasteiger partial charge on any atom is -0.225 e. The highest BCUT2D eigenvalue weighted by molar-refractivity contribution is 7.95. The molecule has 11 heavy (non-hydrogen) atoms. The van der Waals surface area contributed by atoms with Crippen molar-refractivity contribution >= 4 is 17.9 Å². The second-order valence-corrected chi connectivity index (χ2v) is 6.03. The molecule has 4 nitrogen and oxygen atoms in total. The molecule has 0 saturated heterocycles. The Morgan fingerprint density at radius 3 is 2.36 bits per heavy atom. The van der Waals surface area contributed by atoms with Gasteiger partial charge in [-0.05, 0) is 11.0 Å². The van der Waals surface area contributed by atoms with E-state index in [2.05, 4.69) is 0 Å². The summed E-state index contributed by atoms with van der Waals surface area (Å²) in [5.41, 5.74) is -0.373. The lowest BCUT2D eigenvalue weighted by Crippen LogP contribution is -2.00. The van der Waals surface area contributed by atoms with Crippen LogP contribution in [-0.2, 0) is 18.9 Å². The largest absolute Gasteiger partial charge is 0.524 e. The van der Waals surface area contributed by atoms with E-state index in [0.717, 1.165) is 12.7 Å². The van der Waals surface area contributed by atoms with Gasteiger partial charge in [0.1, 0.15) is 6.61 Å². The van der Waals surface area contributed by atoms with Crippen LogP contribution in [0.4, 0.5) is 0 Å². The number of sulfone groups is 1. The lowest BCUT2D eigenvalue weighted by Gasteiger charge is -1.86. The summed E-state index contributed by atoms with van der Waals surface area (Å²) in [4.78, 5) is 0. The second kappa shape index (κ2) is 4.80. The van der Waals surface area contributed by atoms with Gasteiger partial charge in [0.2, 0.25) is 0 Å². The molecule has 0 aliphatic carbocycles. The lowest BCUT2D eigenvalue weighted by molar-refractivity contribution is 0.331. The van der Waals surface area contributed by atoms with Gasteiger partial charge in [-0.3, -0.25) is 0 Å². The highest BCUT2D eigenvalue weighted by Crippen LogP contribution is 2.23. The summed E-state index contributed by atoms with van der Waals surface area (Å²) in [5.74, 6) is 0. The SMILES string of the molecule is CCCO[P+](=O)CS(C)(=O)=O. The van der Waals surface area contributed by atoms with E-state index in [4.69, 9.17) is 4.52 Å². The van der Waals surface area contributed by atoms with Gasteiger partial charge in [0, 0.05) is 6.26 Å². The van der Waals surface area contributed by atoms with Crippen LogP contribution in [0.2, 0.25) is 0 Å². The molecule has 0 aromatic heterocycles. The van der Waals surface area contributed by atoms with Crippen molar-refractivity contribution in [1.29, 1.82) is 0 Å². The summed E-state index contributed by atoms with van der Waals surface area (Å²) in [5, 5.41) is 0. The molecule has 0 aliphatic heterocycles. The molecule has 1 unspecified atom stereocenters. The fraction of sp³-hybridized carbons (Fsp3) is 1.00. The Bertz CT molecular complexity index is 221. The minimum absolute atomic E-state index is 0.352. The summed E-state index contributed by atoms with van der Waals surface area (Å²) in [6, 6.07) is 0. The minimum atomic E-state index is -3.16. The van der Waals surface area contributed by atoms with Crippen molar-refractivity contribution in [2.75, 3.05) is 18.4 Å². The number of hydrogen-bond donors (Lipinski definition) is 0. The van der Waals surface area contributed by atoms with Gasteiger partial charge < -0.3 is 0 Å². The maximum atomic E-state index is 10.8. The van der Waals surface area contributed by atoms with Crippen LogP contribution < -0.4 is 0 Å². The van der Waals surface area contributed by atoms with Crippen LogP contribution in [0, 0.1) is 0 Å². The van der Waals surface area contributed by atoms with Gasteiger partial charge in [0.15, 0.2) is 9.84 Å². The van der Waals surface area contributed by atoms with Crippen molar-refractivity contribution in [3.63, 3.8) is 0 Å². The van der Waals surface area contributed by atoms with Crippen molar-refractivity contribution in [1.82, 2.24) is 0 Å². The zero-order valence-electron chi connectivity index (χ0n) is 6.61. The average Bonchev–Trinajstić information content (AvgIpc) is 1.79. The third-order valence-electron chi connectivity index (χ3n) is 0.779. The Morgan fingerprint density at radius 1 is 1.45 bits per heavy atom. The molecule has 0 N–H and O–H groups in total. The predicted molar refractivity (Wildman–Crippen MR) is 43.6 cm³/mol. The van der Waals surface area contributed by atoms with Gasteiger partial charge in [0.25, 0.3) is 5.49 Å². The molecular weight excluding hydrogens is 187 g/mol. The molecule has 0 heterocycles. The molecule has 0 radical (unpaired) electrons. The van der Waals surface area contributed by atoms with E-state index < -0.39 is 17.9 Å². The summed E-state index contributed by atoms with van der Waals surface area (Å²) < 4.78 is 36.5. The van der Waals surface area contributed by atoms with Crippen molar-refractivity contribution in [3.8, 4) is 0 Å². The first-order chi connectivity index (χ1) is 4.95. The van der Waals surface area contributed by atoms with Crippen LogP contribution in [0.25, 0.3) is 0 Å². The Kier molecular flexibility index (Phi) is 4.81. The van der Waals surface area contributed by atoms with Crippen molar-refractivity contribution in [2.45, 2.75) is 13.3 Å². The molecule has 66 valence electrons. The van der Waals surface area contributed by atoms with Gasteiger partial charge in [-0.15, -0.1) is 4.52 Å². The van der Waals surface area contributed by atoms with E-state index in [-0.39, 0.29) is 5.49 Å². The van der Waals surface area contributed by atoms with E-state index in [9.17, 15) is 13.0 Å². The summed E-state index contributed by atoms with van der Waals surface area (Å²) in [6.07, 6.45) is 1.78. The Morgan fingerprint density at radius 2 is 2.00 bits per heavy atom. The molecule has 0 aromatic carbocycles. The highest BCUT2D eigenvalue weighted by atomic mass is 32.2. The molecule has 6 heteroatoms. The molecule has 0 saturated carbocycles. The zero-order valence-corrected chi connectivity index (χ0v) is 8.32. The summed E-state index contributed by atoms with van der Waals surface area (Å²) in [6.45, 7) is 2.22. The van der Waals surface area contributed by atoms with E-state index in [1.54, 1.807) is 0 Å². The van der Waals surface area contributed by atoms with Gasteiger partial charge in [-0.2, -0.15) is 0 Å². The first kappa shape index (κ1) is 11.0. The second-order valence-electron chi connectivity index (χ2n) is 2.22. The molecule has 1 atom stereocenters. The van der Waals surface area contributed by atoms with Crippen LogP contribution in [-0.4, -0.2) is 26.8 Å². The topological polar surface area (TPSA) is 60.4 Å². The molecule has 0 amide bonds. The molecular formula is C5H12O4PS+. The van der Waals surface area contributed by atoms with Crippen LogP contribution in [0.5, 0.6) is 0 Å². The molecule has 0 fully saturated rings. The van der Waals surface area contributed by atoms with Crippen LogP contribution in [0.3, 0.4) is 0 Å². The maximum absolute atomic E-state index is 10.8. The quantitative estimate of drug-likeness (QED) is 0.623. The summed E-state index contributed by atoms with van der Waals surface area (Å²) in [7, 11) is -5.17. The Hall–Kier alpha value is 0.01000. The van der Waals surface area contributed by atoms with E-state index in [1.165, 1.54) is 0 Å². The standard InChI is InChI=1S/C5H12O4PS/c1-3-4-9-10(6)5-11(2,7)8/h3-5H2,1-2H3/q+1. The Balaban J connectivity index is 3.71. The van der Waals surface area contributed by atoms with Gasteiger partial charge >= 0.3 is 8.03 Å². The fourth-order valence-electron chi connectivity index (χ4n) is 0.422. The third kappa shape index (κ3) is 7.91. The number of hydrogen-bond acceptors (Lipinski definition) is 4. The lowest BCUT2D eigenvalue weighted by atomic mass is 10.5. The van der Waals surface area contributed by atoms with Crippen LogP contribution in [0.15, 0.2) is 0 Å². The molecule has 0 bridgehead atoms. The molecule has 0 aliphatic rings. The molecule has 0 aromatic rings. The van der Waals surface area contributed by atoms with E-state index in [0.29, 0.717) is 6.61 Å². The average molecular weight is 199 g/mol. The number of rotatable bonds is 5. The Labute approximate surface area is 67.7 Å². The van der Waals surface area contributed by atoms with Gasteiger partial charge in [-0.25, -0.2) is 8.42 Å². The van der Waals surface area contributed by atoms with E-state index >= 15 is 0 Å². The third-order valence-corrected chi connectivity index (χ3v) is 3.97. The van der Waals surface area contributed by atoms with Gasteiger partial charge in [0.05, 0.1) is 0 Å². The summed E-state index contributed by atoms with van der Waals surface area (Å²) >= 11 is 0.